The number of nitro groups is 1. The number of likely N-dealkylation sites (tertiary alicyclic amines) is 1. The minimum atomic E-state index is -0.347. The first-order valence-corrected chi connectivity index (χ1v) is 6.80. The quantitative estimate of drug-likeness (QED) is 0.478. The summed E-state index contributed by atoms with van der Waals surface area (Å²) in [6, 6.07) is 0. The van der Waals surface area contributed by atoms with Crippen molar-refractivity contribution in [3.8, 4) is 0 Å². The van der Waals surface area contributed by atoms with Gasteiger partial charge in [0.05, 0.1) is 10.6 Å². The summed E-state index contributed by atoms with van der Waals surface area (Å²) in [5, 5.41) is 11.1. The van der Waals surface area contributed by atoms with E-state index in [-0.39, 0.29) is 16.5 Å². The number of aldehydes is 1. The largest absolute Gasteiger partial charge is 0.303 e. The molecule has 0 spiro atoms. The van der Waals surface area contributed by atoms with Crippen LogP contribution in [0.4, 0.5) is 5.69 Å². The Kier molecular flexibility index (Phi) is 4.44. The highest BCUT2D eigenvalue weighted by Gasteiger charge is 2.23. The number of piperidine rings is 1. The van der Waals surface area contributed by atoms with Crippen LogP contribution in [0, 0.1) is 29.9 Å². The molecule has 0 amide bonds. The van der Waals surface area contributed by atoms with Crippen molar-refractivity contribution in [3.05, 3.63) is 33.1 Å². The molecule has 1 aliphatic rings. The Bertz CT molecular complexity index is 531. The Morgan fingerprint density at radius 2 is 2.30 bits per heavy atom. The van der Waals surface area contributed by atoms with Crippen molar-refractivity contribution < 1.29 is 9.72 Å². The smallest absolute Gasteiger partial charge is 0.278 e. The van der Waals surface area contributed by atoms with E-state index in [1.54, 1.807) is 20.0 Å². The molecule has 6 heteroatoms. The molecule has 1 aromatic rings. The second-order valence-electron chi connectivity index (χ2n) is 5.39. The van der Waals surface area contributed by atoms with Crippen LogP contribution in [0.1, 0.15) is 29.7 Å². The van der Waals surface area contributed by atoms with E-state index in [9.17, 15) is 14.9 Å². The van der Waals surface area contributed by atoms with E-state index in [2.05, 4.69) is 9.88 Å². The molecule has 1 unspecified atom stereocenters. The van der Waals surface area contributed by atoms with E-state index < -0.39 is 0 Å². The average Bonchev–Trinajstić information content (AvgIpc) is 2.42. The summed E-state index contributed by atoms with van der Waals surface area (Å²) in [5.74, 6) is 0.0736. The van der Waals surface area contributed by atoms with Crippen molar-refractivity contribution in [1.29, 1.82) is 0 Å². The van der Waals surface area contributed by atoms with Crippen LogP contribution in [0.3, 0.4) is 0 Å². The summed E-state index contributed by atoms with van der Waals surface area (Å²) in [5.41, 5.74) is 2.09. The molecule has 2 rings (SSSR count). The molecule has 0 radical (unpaired) electrons. The lowest BCUT2D eigenvalue weighted by Crippen LogP contribution is -2.35. The van der Waals surface area contributed by atoms with Crippen LogP contribution in [0.25, 0.3) is 0 Å². The lowest BCUT2D eigenvalue weighted by atomic mass is 9.99. The van der Waals surface area contributed by atoms with Crippen LogP contribution in [-0.4, -0.2) is 34.2 Å². The molecule has 0 N–H and O–H groups in total. The summed E-state index contributed by atoms with van der Waals surface area (Å²) < 4.78 is 0. The molecule has 1 atom stereocenters. The number of aryl methyl sites for hydroxylation is 1. The highest BCUT2D eigenvalue weighted by molar-refractivity contribution is 5.54. The van der Waals surface area contributed by atoms with E-state index in [4.69, 9.17) is 0 Å². The van der Waals surface area contributed by atoms with Crippen molar-refractivity contribution in [2.24, 2.45) is 5.92 Å². The third kappa shape index (κ3) is 3.01. The first-order valence-electron chi connectivity index (χ1n) is 6.80. The van der Waals surface area contributed by atoms with Crippen LogP contribution < -0.4 is 0 Å². The molecule has 0 bridgehead atoms. The molecule has 2 heterocycles. The van der Waals surface area contributed by atoms with Gasteiger partial charge >= 0.3 is 0 Å². The third-order valence-electron chi connectivity index (χ3n) is 3.87. The van der Waals surface area contributed by atoms with Crippen molar-refractivity contribution in [2.45, 2.75) is 33.2 Å². The van der Waals surface area contributed by atoms with Gasteiger partial charge in [-0.25, -0.2) is 0 Å². The Morgan fingerprint density at radius 3 is 2.95 bits per heavy atom. The Labute approximate surface area is 118 Å². The van der Waals surface area contributed by atoms with Crippen molar-refractivity contribution in [2.75, 3.05) is 13.1 Å². The van der Waals surface area contributed by atoms with E-state index in [0.717, 1.165) is 31.4 Å². The SMILES string of the molecule is Cc1cnc(CN2CCCC(C=O)C2)c(C)c1[N+](=O)[O-]. The van der Waals surface area contributed by atoms with Crippen LogP contribution in [0.15, 0.2) is 6.20 Å². The van der Waals surface area contributed by atoms with Crippen molar-refractivity contribution in [1.82, 2.24) is 9.88 Å². The maximum absolute atomic E-state index is 11.1. The fraction of sp³-hybridized carbons (Fsp3) is 0.571. The van der Waals surface area contributed by atoms with Gasteiger partial charge in [-0.15, -0.1) is 0 Å². The number of nitrogens with zero attached hydrogens (tertiary/aromatic N) is 3. The molecule has 0 saturated carbocycles. The van der Waals surface area contributed by atoms with Crippen molar-refractivity contribution in [3.63, 3.8) is 0 Å². The summed E-state index contributed by atoms with van der Waals surface area (Å²) in [6.45, 7) is 5.64. The van der Waals surface area contributed by atoms with Gasteiger partial charge in [0.25, 0.3) is 5.69 Å². The van der Waals surface area contributed by atoms with Gasteiger partial charge in [0, 0.05) is 36.3 Å². The first-order chi connectivity index (χ1) is 9.52. The van der Waals surface area contributed by atoms with Crippen LogP contribution in [-0.2, 0) is 11.3 Å². The highest BCUT2D eigenvalue weighted by Crippen LogP contribution is 2.25. The topological polar surface area (TPSA) is 76.3 Å². The summed E-state index contributed by atoms with van der Waals surface area (Å²) in [4.78, 5) is 28.1. The molecule has 1 aliphatic heterocycles. The van der Waals surface area contributed by atoms with Crippen molar-refractivity contribution >= 4 is 12.0 Å². The number of pyridine rings is 1. The number of aromatic nitrogens is 1. The predicted octanol–water partition coefficient (Wildman–Crippen LogP) is 2.02. The van der Waals surface area contributed by atoms with Gasteiger partial charge in [-0.2, -0.15) is 0 Å². The number of carbonyl (C=O) groups excluding carboxylic acids is 1. The highest BCUT2D eigenvalue weighted by atomic mass is 16.6. The normalized spacial score (nSPS) is 19.8. The molecule has 1 fully saturated rings. The molecule has 20 heavy (non-hydrogen) atoms. The number of rotatable bonds is 4. The zero-order valence-corrected chi connectivity index (χ0v) is 11.8. The summed E-state index contributed by atoms with van der Waals surface area (Å²) in [6.07, 6.45) is 4.47. The number of hydrogen-bond donors (Lipinski definition) is 0. The molecule has 0 aromatic carbocycles. The number of carbonyl (C=O) groups is 1. The molecule has 1 saturated heterocycles. The van der Waals surface area contributed by atoms with Gasteiger partial charge in [-0.3, -0.25) is 20.0 Å². The summed E-state index contributed by atoms with van der Waals surface area (Å²) in [7, 11) is 0. The molecule has 6 nitrogen and oxygen atoms in total. The van der Waals surface area contributed by atoms with Crippen LogP contribution in [0.2, 0.25) is 0 Å². The lowest BCUT2D eigenvalue weighted by molar-refractivity contribution is -0.386. The van der Waals surface area contributed by atoms with E-state index >= 15 is 0 Å². The minimum absolute atomic E-state index is 0.0736. The fourth-order valence-corrected chi connectivity index (χ4v) is 2.76. The molecular weight excluding hydrogens is 258 g/mol. The maximum atomic E-state index is 11.1. The average molecular weight is 277 g/mol. The lowest BCUT2D eigenvalue weighted by Gasteiger charge is -2.30. The predicted molar refractivity (Wildman–Crippen MR) is 74.4 cm³/mol. The maximum Gasteiger partial charge on any atom is 0.278 e. The van der Waals surface area contributed by atoms with Gasteiger partial charge in [0.2, 0.25) is 0 Å². The van der Waals surface area contributed by atoms with Gasteiger partial charge in [0.1, 0.15) is 6.29 Å². The third-order valence-corrected chi connectivity index (χ3v) is 3.87. The Balaban J connectivity index is 2.19. The second-order valence-corrected chi connectivity index (χ2v) is 5.39. The van der Waals surface area contributed by atoms with E-state index in [0.29, 0.717) is 24.2 Å². The van der Waals surface area contributed by atoms with Crippen LogP contribution >= 0.6 is 0 Å². The Morgan fingerprint density at radius 1 is 1.55 bits per heavy atom. The van der Waals surface area contributed by atoms with E-state index in [1.807, 2.05) is 0 Å². The van der Waals surface area contributed by atoms with Gasteiger partial charge in [0.15, 0.2) is 0 Å². The standard InChI is InChI=1S/C14H19N3O3/c1-10-6-15-13(11(2)14(10)17(19)20)8-16-5-3-4-12(7-16)9-18/h6,9,12H,3-5,7-8H2,1-2H3. The summed E-state index contributed by atoms with van der Waals surface area (Å²) >= 11 is 0. The fourth-order valence-electron chi connectivity index (χ4n) is 2.76. The monoisotopic (exact) mass is 277 g/mol. The number of hydrogen-bond acceptors (Lipinski definition) is 5. The molecule has 0 aliphatic carbocycles. The van der Waals surface area contributed by atoms with Gasteiger partial charge in [-0.05, 0) is 33.2 Å². The van der Waals surface area contributed by atoms with Gasteiger partial charge in [-0.1, -0.05) is 0 Å². The molecule has 1 aromatic heterocycles. The minimum Gasteiger partial charge on any atom is -0.303 e. The molecule has 108 valence electrons. The zero-order chi connectivity index (χ0) is 14.7. The second kappa shape index (κ2) is 6.09. The molecular formula is C14H19N3O3. The Hall–Kier alpha value is -1.82. The zero-order valence-electron chi connectivity index (χ0n) is 11.8. The van der Waals surface area contributed by atoms with E-state index in [1.165, 1.54) is 0 Å². The van der Waals surface area contributed by atoms with Gasteiger partial charge < -0.3 is 4.79 Å². The first kappa shape index (κ1) is 14.6. The van der Waals surface area contributed by atoms with Crippen LogP contribution in [0.5, 0.6) is 0 Å².